The fourth-order valence-corrected chi connectivity index (χ4v) is 2.97. The van der Waals surface area contributed by atoms with Crippen LogP contribution in [0, 0.1) is 30.1 Å². The van der Waals surface area contributed by atoms with Crippen molar-refractivity contribution < 1.29 is 0 Å². The first-order valence-corrected chi connectivity index (χ1v) is 6.89. The standard InChI is InChI=1S/C15H23N3/c1-11-5-4-6-13(11)9-17-10-14-7-15(8-16)18(3)12(14)2/h7,11,13,17H,4-6,9-10H2,1-3H3. The van der Waals surface area contributed by atoms with Crippen LogP contribution in [0.15, 0.2) is 6.07 Å². The molecule has 1 heterocycles. The Balaban J connectivity index is 1.89. The summed E-state index contributed by atoms with van der Waals surface area (Å²) in [4.78, 5) is 0. The molecule has 98 valence electrons. The van der Waals surface area contributed by atoms with Crippen LogP contribution in [0.2, 0.25) is 0 Å². The van der Waals surface area contributed by atoms with Crippen LogP contribution in [0.1, 0.15) is 43.1 Å². The third-order valence-corrected chi connectivity index (χ3v) is 4.52. The predicted molar refractivity (Wildman–Crippen MR) is 73.1 cm³/mol. The molecular formula is C15H23N3. The smallest absolute Gasteiger partial charge is 0.120 e. The van der Waals surface area contributed by atoms with E-state index in [1.807, 2.05) is 17.7 Å². The van der Waals surface area contributed by atoms with Gasteiger partial charge in [0, 0.05) is 19.3 Å². The second-order valence-electron chi connectivity index (χ2n) is 5.61. The summed E-state index contributed by atoms with van der Waals surface area (Å²) in [5.74, 6) is 1.70. The second kappa shape index (κ2) is 5.58. The molecule has 3 heteroatoms. The molecule has 1 saturated carbocycles. The van der Waals surface area contributed by atoms with Gasteiger partial charge in [0.05, 0.1) is 0 Å². The van der Waals surface area contributed by atoms with Gasteiger partial charge in [-0.1, -0.05) is 19.8 Å². The summed E-state index contributed by atoms with van der Waals surface area (Å²) in [5.41, 5.74) is 3.19. The van der Waals surface area contributed by atoms with Crippen LogP contribution in [-0.2, 0) is 13.6 Å². The van der Waals surface area contributed by atoms with E-state index in [2.05, 4.69) is 25.2 Å². The van der Waals surface area contributed by atoms with Gasteiger partial charge in [0.25, 0.3) is 0 Å². The quantitative estimate of drug-likeness (QED) is 0.886. The first-order valence-electron chi connectivity index (χ1n) is 6.89. The van der Waals surface area contributed by atoms with Crippen LogP contribution in [0.5, 0.6) is 0 Å². The van der Waals surface area contributed by atoms with Crippen molar-refractivity contribution in [1.29, 1.82) is 5.26 Å². The number of nitrogens with zero attached hydrogens (tertiary/aromatic N) is 2. The molecule has 1 aromatic heterocycles. The molecule has 0 aliphatic heterocycles. The lowest BCUT2D eigenvalue weighted by atomic mass is 9.98. The maximum absolute atomic E-state index is 9.00. The normalized spacial score (nSPS) is 23.2. The SMILES string of the molecule is Cc1c(CNCC2CCCC2C)cc(C#N)n1C. The summed E-state index contributed by atoms with van der Waals surface area (Å²) in [6.45, 7) is 6.43. The van der Waals surface area contributed by atoms with Crippen LogP contribution in [0.25, 0.3) is 0 Å². The lowest BCUT2D eigenvalue weighted by molar-refractivity contribution is 0.392. The summed E-state index contributed by atoms with van der Waals surface area (Å²) < 4.78 is 1.97. The van der Waals surface area contributed by atoms with Crippen molar-refractivity contribution in [2.75, 3.05) is 6.54 Å². The van der Waals surface area contributed by atoms with Gasteiger partial charge in [-0.3, -0.25) is 0 Å². The highest BCUT2D eigenvalue weighted by molar-refractivity contribution is 5.34. The van der Waals surface area contributed by atoms with Crippen molar-refractivity contribution in [3.05, 3.63) is 23.0 Å². The number of hydrogen-bond acceptors (Lipinski definition) is 2. The molecule has 0 aromatic carbocycles. The first-order chi connectivity index (χ1) is 8.63. The van der Waals surface area contributed by atoms with Gasteiger partial charge in [-0.05, 0) is 43.4 Å². The van der Waals surface area contributed by atoms with Crippen molar-refractivity contribution in [3.63, 3.8) is 0 Å². The summed E-state index contributed by atoms with van der Waals surface area (Å²) in [5, 5.41) is 12.6. The number of nitrogens with one attached hydrogen (secondary N) is 1. The Labute approximate surface area is 110 Å². The molecule has 0 radical (unpaired) electrons. The predicted octanol–water partition coefficient (Wildman–Crippen LogP) is 2.73. The molecule has 0 saturated heterocycles. The van der Waals surface area contributed by atoms with E-state index in [0.29, 0.717) is 0 Å². The fourth-order valence-electron chi connectivity index (χ4n) is 2.97. The molecule has 0 spiro atoms. The van der Waals surface area contributed by atoms with Gasteiger partial charge in [0.2, 0.25) is 0 Å². The number of aromatic nitrogens is 1. The molecule has 2 atom stereocenters. The Hall–Kier alpha value is -1.27. The zero-order valence-electron chi connectivity index (χ0n) is 11.7. The minimum absolute atomic E-state index is 0.749. The van der Waals surface area contributed by atoms with Crippen molar-refractivity contribution >= 4 is 0 Å². The van der Waals surface area contributed by atoms with Crippen molar-refractivity contribution in [2.45, 2.75) is 39.7 Å². The number of hydrogen-bond donors (Lipinski definition) is 1. The van der Waals surface area contributed by atoms with Gasteiger partial charge in [-0.15, -0.1) is 0 Å². The van der Waals surface area contributed by atoms with Gasteiger partial charge in [-0.25, -0.2) is 0 Å². The van der Waals surface area contributed by atoms with E-state index in [4.69, 9.17) is 5.26 Å². The Morgan fingerprint density at radius 1 is 1.50 bits per heavy atom. The maximum Gasteiger partial charge on any atom is 0.120 e. The molecule has 1 fully saturated rings. The van der Waals surface area contributed by atoms with Gasteiger partial charge < -0.3 is 9.88 Å². The van der Waals surface area contributed by atoms with Gasteiger partial charge in [0.1, 0.15) is 11.8 Å². The zero-order chi connectivity index (χ0) is 13.1. The summed E-state index contributed by atoms with van der Waals surface area (Å²) in [6.07, 6.45) is 4.14. The number of rotatable bonds is 4. The number of nitriles is 1. The average Bonchev–Trinajstić information content (AvgIpc) is 2.88. The van der Waals surface area contributed by atoms with Crippen LogP contribution >= 0.6 is 0 Å². The highest BCUT2D eigenvalue weighted by Gasteiger charge is 2.22. The Morgan fingerprint density at radius 3 is 2.83 bits per heavy atom. The molecule has 1 aromatic rings. The third-order valence-electron chi connectivity index (χ3n) is 4.52. The molecule has 2 rings (SSSR count). The highest BCUT2D eigenvalue weighted by Crippen LogP contribution is 2.30. The molecule has 3 nitrogen and oxygen atoms in total. The van der Waals surface area contributed by atoms with E-state index in [9.17, 15) is 0 Å². The Bertz CT molecular complexity index is 453. The van der Waals surface area contributed by atoms with E-state index in [0.717, 1.165) is 30.6 Å². The van der Waals surface area contributed by atoms with Gasteiger partial charge in [-0.2, -0.15) is 5.26 Å². The van der Waals surface area contributed by atoms with Crippen LogP contribution in [0.4, 0.5) is 0 Å². The largest absolute Gasteiger partial charge is 0.340 e. The van der Waals surface area contributed by atoms with Crippen LogP contribution in [0.3, 0.4) is 0 Å². The van der Waals surface area contributed by atoms with Crippen molar-refractivity contribution in [2.24, 2.45) is 18.9 Å². The lowest BCUT2D eigenvalue weighted by Crippen LogP contribution is -2.24. The third kappa shape index (κ3) is 2.59. The van der Waals surface area contributed by atoms with E-state index in [1.165, 1.54) is 30.5 Å². The Kier molecular flexibility index (Phi) is 4.08. The van der Waals surface area contributed by atoms with Crippen molar-refractivity contribution in [3.8, 4) is 6.07 Å². The minimum Gasteiger partial charge on any atom is -0.340 e. The monoisotopic (exact) mass is 245 g/mol. The fraction of sp³-hybridized carbons (Fsp3) is 0.667. The Morgan fingerprint density at radius 2 is 2.28 bits per heavy atom. The van der Waals surface area contributed by atoms with E-state index < -0.39 is 0 Å². The topological polar surface area (TPSA) is 40.8 Å². The van der Waals surface area contributed by atoms with E-state index in [-0.39, 0.29) is 0 Å². The lowest BCUT2D eigenvalue weighted by Gasteiger charge is -2.15. The second-order valence-corrected chi connectivity index (χ2v) is 5.61. The van der Waals surface area contributed by atoms with Crippen LogP contribution < -0.4 is 5.32 Å². The highest BCUT2D eigenvalue weighted by atomic mass is 15.0. The van der Waals surface area contributed by atoms with E-state index in [1.54, 1.807) is 0 Å². The molecule has 2 unspecified atom stereocenters. The van der Waals surface area contributed by atoms with Gasteiger partial charge in [0.15, 0.2) is 0 Å². The van der Waals surface area contributed by atoms with Gasteiger partial charge >= 0.3 is 0 Å². The first kappa shape index (κ1) is 13.2. The maximum atomic E-state index is 9.00. The minimum atomic E-state index is 0.749. The molecule has 1 aliphatic carbocycles. The summed E-state index contributed by atoms with van der Waals surface area (Å²) in [7, 11) is 1.95. The molecule has 0 amide bonds. The molecule has 18 heavy (non-hydrogen) atoms. The van der Waals surface area contributed by atoms with Crippen LogP contribution in [-0.4, -0.2) is 11.1 Å². The summed E-state index contributed by atoms with van der Waals surface area (Å²) >= 11 is 0. The zero-order valence-corrected chi connectivity index (χ0v) is 11.7. The molecule has 1 aliphatic rings. The average molecular weight is 245 g/mol. The molecular weight excluding hydrogens is 222 g/mol. The van der Waals surface area contributed by atoms with Crippen molar-refractivity contribution in [1.82, 2.24) is 9.88 Å². The molecule has 1 N–H and O–H groups in total. The van der Waals surface area contributed by atoms with E-state index >= 15 is 0 Å². The summed E-state index contributed by atoms with van der Waals surface area (Å²) in [6, 6.07) is 4.23. The molecule has 0 bridgehead atoms.